The summed E-state index contributed by atoms with van der Waals surface area (Å²) in [6, 6.07) is 24.7. The number of nitrogens with zero attached hydrogens (tertiary/aromatic N) is 2. The Morgan fingerprint density at radius 2 is 1.08 bits per heavy atom. The van der Waals surface area contributed by atoms with Crippen molar-refractivity contribution < 1.29 is 21.5 Å². The zero-order valence-corrected chi connectivity index (χ0v) is 34.1. The number of unbranched alkanes of at least 4 members (excludes halogenated alkanes) is 6. The van der Waals surface area contributed by atoms with Crippen LogP contribution in [0.3, 0.4) is 0 Å². The first-order valence-electron chi connectivity index (χ1n) is 19.2. The van der Waals surface area contributed by atoms with Gasteiger partial charge < -0.3 is 21.5 Å². The molecule has 2 nitrogen and oxygen atoms in total. The standard InChI is InChI=1S/C46H67N2.BrH/c1-10-19-40-26-28-42-43-29-27-41(25-24-39-22-20-38(6)21-23-39)35-45(43)46(44(42)34-40,31-16-12-14-18-33-48(7,8)9)30-15-11-13-17-32-47(36(2)3)37(4)5;/h10,19-29,34-37H,11-18,30-33H2,1-9H3;1H/q+1;/p-1/b19-10+,25-24+;. The summed E-state index contributed by atoms with van der Waals surface area (Å²) in [7, 11) is 6.95. The number of benzene rings is 3. The first-order chi connectivity index (χ1) is 22.9. The fraction of sp³-hybridized carbons (Fsp3) is 0.522. The highest BCUT2D eigenvalue weighted by molar-refractivity contribution is 5.84. The zero-order chi connectivity index (χ0) is 34.7. The lowest BCUT2D eigenvalue weighted by atomic mass is 9.70. The molecule has 0 bridgehead atoms. The van der Waals surface area contributed by atoms with Crippen molar-refractivity contribution in [1.82, 2.24) is 4.90 Å². The Balaban J connectivity index is 0.00000650. The van der Waals surface area contributed by atoms with Crippen LogP contribution in [0.15, 0.2) is 66.7 Å². The van der Waals surface area contributed by atoms with E-state index in [0.29, 0.717) is 12.1 Å². The molecule has 0 fully saturated rings. The predicted octanol–water partition coefficient (Wildman–Crippen LogP) is 9.20. The quantitative estimate of drug-likeness (QED) is 0.0677. The maximum Gasteiger partial charge on any atom is 0.0780 e. The van der Waals surface area contributed by atoms with E-state index in [1.807, 2.05) is 0 Å². The van der Waals surface area contributed by atoms with Crippen molar-refractivity contribution in [1.29, 1.82) is 0 Å². The van der Waals surface area contributed by atoms with Crippen LogP contribution in [0.4, 0.5) is 0 Å². The summed E-state index contributed by atoms with van der Waals surface area (Å²) < 4.78 is 1.06. The van der Waals surface area contributed by atoms with Gasteiger partial charge in [0.25, 0.3) is 0 Å². The Morgan fingerprint density at radius 1 is 0.612 bits per heavy atom. The van der Waals surface area contributed by atoms with Gasteiger partial charge in [0.1, 0.15) is 0 Å². The SMILES string of the molecule is C/C=C/c1ccc2c(c1)C(CCCCCCN(C(C)C)C(C)C)(CCCCCC[N+](C)(C)C)c1cc(/C=C/c3ccc(C)cc3)ccc1-2.[Br-]. The summed E-state index contributed by atoms with van der Waals surface area (Å²) >= 11 is 0. The van der Waals surface area contributed by atoms with Gasteiger partial charge in [0.15, 0.2) is 0 Å². The van der Waals surface area contributed by atoms with Gasteiger partial charge in [-0.1, -0.05) is 123 Å². The van der Waals surface area contributed by atoms with Crippen molar-refractivity contribution in [3.05, 3.63) is 100 Å². The second-order valence-corrected chi connectivity index (χ2v) is 16.2. The van der Waals surface area contributed by atoms with Crippen molar-refractivity contribution in [2.45, 2.75) is 123 Å². The molecule has 3 aromatic rings. The molecular formula is C46H67BrN2. The van der Waals surface area contributed by atoms with E-state index >= 15 is 0 Å². The molecule has 0 N–H and O–H groups in total. The van der Waals surface area contributed by atoms with Crippen molar-refractivity contribution in [2.24, 2.45) is 0 Å². The third-order valence-electron chi connectivity index (χ3n) is 10.6. The zero-order valence-electron chi connectivity index (χ0n) is 32.5. The molecule has 0 aliphatic heterocycles. The lowest BCUT2D eigenvalue weighted by Gasteiger charge is -2.33. The van der Waals surface area contributed by atoms with Crippen LogP contribution in [-0.2, 0) is 5.41 Å². The van der Waals surface area contributed by atoms with Crippen LogP contribution in [0.1, 0.15) is 132 Å². The Kier molecular flexibility index (Phi) is 16.1. The van der Waals surface area contributed by atoms with Crippen molar-refractivity contribution >= 4 is 18.2 Å². The molecule has 0 saturated heterocycles. The molecule has 49 heavy (non-hydrogen) atoms. The molecule has 0 heterocycles. The highest BCUT2D eigenvalue weighted by Crippen LogP contribution is 2.55. The van der Waals surface area contributed by atoms with Crippen LogP contribution in [-0.4, -0.2) is 55.7 Å². The van der Waals surface area contributed by atoms with Gasteiger partial charge >= 0.3 is 0 Å². The van der Waals surface area contributed by atoms with Gasteiger partial charge in [-0.15, -0.1) is 0 Å². The fourth-order valence-electron chi connectivity index (χ4n) is 8.02. The number of allylic oxidation sites excluding steroid dienone is 1. The second kappa shape index (κ2) is 19.2. The molecular weight excluding hydrogens is 660 g/mol. The van der Waals surface area contributed by atoms with Gasteiger partial charge in [-0.2, -0.15) is 0 Å². The van der Waals surface area contributed by atoms with Crippen LogP contribution in [0.25, 0.3) is 29.4 Å². The molecule has 1 atom stereocenters. The highest BCUT2D eigenvalue weighted by atomic mass is 79.9. The number of hydrogen-bond donors (Lipinski definition) is 0. The average Bonchev–Trinajstić information content (AvgIpc) is 3.29. The minimum Gasteiger partial charge on any atom is -1.00 e. The van der Waals surface area contributed by atoms with Crippen molar-refractivity contribution in [3.8, 4) is 11.1 Å². The Hall–Kier alpha value is -2.46. The number of rotatable bonds is 19. The molecule has 0 radical (unpaired) electrons. The van der Waals surface area contributed by atoms with E-state index in [-0.39, 0.29) is 22.4 Å². The molecule has 0 aromatic heterocycles. The van der Waals surface area contributed by atoms with Crippen molar-refractivity contribution in [3.63, 3.8) is 0 Å². The summed E-state index contributed by atoms with van der Waals surface area (Å²) in [5, 5.41) is 0. The highest BCUT2D eigenvalue weighted by Gasteiger charge is 2.42. The summed E-state index contributed by atoms with van der Waals surface area (Å²) in [6.45, 7) is 16.1. The predicted molar refractivity (Wildman–Crippen MR) is 214 cm³/mol. The summed E-state index contributed by atoms with van der Waals surface area (Å²) in [5.74, 6) is 0. The van der Waals surface area contributed by atoms with Gasteiger partial charge in [-0.05, 0) is 119 Å². The molecule has 3 aromatic carbocycles. The van der Waals surface area contributed by atoms with Gasteiger partial charge in [-0.25, -0.2) is 0 Å². The van der Waals surface area contributed by atoms with E-state index in [0.717, 1.165) is 4.48 Å². The minimum absolute atomic E-state index is 0. The molecule has 1 aliphatic rings. The number of halogens is 1. The van der Waals surface area contributed by atoms with Gasteiger partial charge in [0.05, 0.1) is 27.7 Å². The molecule has 1 unspecified atom stereocenters. The monoisotopic (exact) mass is 726 g/mol. The third kappa shape index (κ3) is 11.5. The molecule has 0 amide bonds. The van der Waals surface area contributed by atoms with E-state index in [1.54, 1.807) is 11.1 Å². The Morgan fingerprint density at radius 3 is 1.59 bits per heavy atom. The molecule has 0 saturated carbocycles. The van der Waals surface area contributed by atoms with Crippen LogP contribution in [0.2, 0.25) is 0 Å². The van der Waals surface area contributed by atoms with E-state index in [9.17, 15) is 0 Å². The lowest BCUT2D eigenvalue weighted by molar-refractivity contribution is -0.870. The molecule has 268 valence electrons. The first-order valence-corrected chi connectivity index (χ1v) is 19.2. The van der Waals surface area contributed by atoms with E-state index < -0.39 is 0 Å². The minimum atomic E-state index is 0. The first kappa shape index (κ1) is 41.0. The largest absolute Gasteiger partial charge is 1.00 e. The topological polar surface area (TPSA) is 3.24 Å². The van der Waals surface area contributed by atoms with E-state index in [4.69, 9.17) is 0 Å². The van der Waals surface area contributed by atoms with E-state index in [2.05, 4.69) is 153 Å². The molecule has 0 spiro atoms. The summed E-state index contributed by atoms with van der Waals surface area (Å²) in [5.41, 5.74) is 11.3. The molecule has 4 rings (SSSR count). The van der Waals surface area contributed by atoms with Crippen LogP contribution in [0.5, 0.6) is 0 Å². The number of aryl methyl sites for hydroxylation is 1. The smallest absolute Gasteiger partial charge is 0.0780 e. The lowest BCUT2D eigenvalue weighted by Crippen LogP contribution is -3.00. The Labute approximate surface area is 312 Å². The van der Waals surface area contributed by atoms with Crippen LogP contribution >= 0.6 is 0 Å². The Bertz CT molecular complexity index is 1480. The molecule has 1 aliphatic carbocycles. The van der Waals surface area contributed by atoms with Crippen molar-refractivity contribution in [2.75, 3.05) is 34.2 Å². The third-order valence-corrected chi connectivity index (χ3v) is 10.6. The van der Waals surface area contributed by atoms with Gasteiger partial charge in [-0.3, -0.25) is 4.90 Å². The van der Waals surface area contributed by atoms with Gasteiger partial charge in [0.2, 0.25) is 0 Å². The second-order valence-electron chi connectivity index (χ2n) is 16.2. The molecule has 3 heteroatoms. The van der Waals surface area contributed by atoms with E-state index in [1.165, 1.54) is 111 Å². The maximum absolute atomic E-state index is 2.65. The number of quaternary nitrogens is 1. The normalized spacial score (nSPS) is 15.9. The summed E-state index contributed by atoms with van der Waals surface area (Å²) in [4.78, 5) is 2.65. The van der Waals surface area contributed by atoms with Gasteiger partial charge in [0, 0.05) is 17.5 Å². The van der Waals surface area contributed by atoms with Crippen LogP contribution in [0, 0.1) is 6.92 Å². The fourth-order valence-corrected chi connectivity index (χ4v) is 8.02. The maximum atomic E-state index is 2.65. The van der Waals surface area contributed by atoms with Crippen LogP contribution < -0.4 is 17.0 Å². The average molecular weight is 728 g/mol. The number of fused-ring (bicyclic) bond motifs is 3. The summed E-state index contributed by atoms with van der Waals surface area (Å²) in [6.07, 6.45) is 22.0. The number of hydrogen-bond acceptors (Lipinski definition) is 1.